The van der Waals surface area contributed by atoms with Crippen LogP contribution in [0, 0.1) is 0 Å². The Morgan fingerprint density at radius 2 is 2.09 bits per heavy atom. The number of rotatable bonds is 6. The molecule has 0 nitrogen and oxygen atoms in total. The summed E-state index contributed by atoms with van der Waals surface area (Å²) in [5.41, 5.74) is 1.53. The predicted octanol–water partition coefficient (Wildman–Crippen LogP) is 4.04. The number of allylic oxidation sites excluding steroid dienone is 2. The van der Waals surface area contributed by atoms with E-state index in [4.69, 9.17) is 0 Å². The van der Waals surface area contributed by atoms with E-state index in [9.17, 15) is 0 Å². The van der Waals surface area contributed by atoms with Crippen LogP contribution in [0.15, 0.2) is 11.6 Å². The van der Waals surface area contributed by atoms with E-state index in [1.165, 1.54) is 37.0 Å². The maximum absolute atomic E-state index is 2.70. The third-order valence-electron chi connectivity index (χ3n) is 1.83. The monoisotopic (exact) mass is 190 g/mol. The molecule has 0 spiro atoms. The minimum absolute atomic E-state index is 1.29. The van der Waals surface area contributed by atoms with Crippen molar-refractivity contribution in [3.05, 3.63) is 11.6 Å². The highest BCUT2D eigenvalue weighted by atomic mass is 32.7. The molecule has 1 unspecified atom stereocenters. The SMILES string of the molecule is C/C=C(\C)CCCCCSP. The first kappa shape index (κ1) is 11.5. The Bertz CT molecular complexity index is 110. The molecule has 11 heavy (non-hydrogen) atoms. The van der Waals surface area contributed by atoms with Gasteiger partial charge in [-0.15, -0.1) is 11.4 Å². The van der Waals surface area contributed by atoms with E-state index in [1.807, 2.05) is 11.4 Å². The van der Waals surface area contributed by atoms with Crippen molar-refractivity contribution in [2.45, 2.75) is 39.5 Å². The van der Waals surface area contributed by atoms with Crippen molar-refractivity contribution in [2.24, 2.45) is 0 Å². The summed E-state index contributed by atoms with van der Waals surface area (Å²) in [6, 6.07) is 0. The van der Waals surface area contributed by atoms with E-state index in [1.54, 1.807) is 0 Å². The Hall–Kier alpha value is 0.520. The molecule has 1 atom stereocenters. The molecule has 0 aromatic carbocycles. The molecule has 0 saturated carbocycles. The summed E-state index contributed by atoms with van der Waals surface area (Å²) in [6.45, 7) is 4.33. The summed E-state index contributed by atoms with van der Waals surface area (Å²) in [6.07, 6.45) is 7.61. The molecule has 66 valence electrons. The first-order chi connectivity index (χ1) is 5.31. The Morgan fingerprint density at radius 3 is 2.64 bits per heavy atom. The van der Waals surface area contributed by atoms with E-state index in [0.29, 0.717) is 0 Å². The molecule has 0 rings (SSSR count). The lowest BCUT2D eigenvalue weighted by Crippen LogP contribution is -1.81. The van der Waals surface area contributed by atoms with Gasteiger partial charge in [0.25, 0.3) is 0 Å². The van der Waals surface area contributed by atoms with Crippen molar-refractivity contribution in [1.29, 1.82) is 0 Å². The molecular formula is C9H19PS. The zero-order valence-corrected chi connectivity index (χ0v) is 9.57. The molecule has 0 aromatic rings. The fourth-order valence-electron chi connectivity index (χ4n) is 0.910. The van der Waals surface area contributed by atoms with E-state index < -0.39 is 0 Å². The van der Waals surface area contributed by atoms with Crippen LogP contribution >= 0.6 is 19.8 Å². The first-order valence-electron chi connectivity index (χ1n) is 4.24. The van der Waals surface area contributed by atoms with E-state index in [-0.39, 0.29) is 0 Å². The van der Waals surface area contributed by atoms with Gasteiger partial charge in [-0.25, -0.2) is 0 Å². The highest BCUT2D eigenvalue weighted by Gasteiger charge is 1.89. The molecule has 2 heteroatoms. The van der Waals surface area contributed by atoms with Gasteiger partial charge in [0.1, 0.15) is 0 Å². The summed E-state index contributed by atoms with van der Waals surface area (Å²) in [7, 11) is 2.70. The van der Waals surface area contributed by atoms with Crippen LogP contribution < -0.4 is 0 Å². The van der Waals surface area contributed by atoms with Crippen LogP contribution in [0.25, 0.3) is 0 Å². The maximum atomic E-state index is 2.70. The molecule has 0 heterocycles. The lowest BCUT2D eigenvalue weighted by Gasteiger charge is -1.99. The molecule has 0 saturated heterocycles. The summed E-state index contributed by atoms with van der Waals surface area (Å²) in [5, 5.41) is 0. The maximum Gasteiger partial charge on any atom is -0.00310 e. The largest absolute Gasteiger partial charge is 0.141 e. The highest BCUT2D eigenvalue weighted by Crippen LogP contribution is 2.14. The molecule has 0 radical (unpaired) electrons. The molecule has 0 amide bonds. The lowest BCUT2D eigenvalue weighted by molar-refractivity contribution is 0.718. The second kappa shape index (κ2) is 8.62. The molecule has 0 bridgehead atoms. The molecular weight excluding hydrogens is 171 g/mol. The van der Waals surface area contributed by atoms with Crippen molar-refractivity contribution in [1.82, 2.24) is 0 Å². The Morgan fingerprint density at radius 1 is 1.36 bits per heavy atom. The Labute approximate surface area is 77.2 Å². The zero-order chi connectivity index (χ0) is 8.53. The standard InChI is InChI=1S/C9H19PS/c1-3-9(2)7-5-4-6-8-11-10/h3H,4-8,10H2,1-2H3/b9-3+. The van der Waals surface area contributed by atoms with Gasteiger partial charge < -0.3 is 0 Å². The van der Waals surface area contributed by atoms with Gasteiger partial charge in [0.15, 0.2) is 0 Å². The van der Waals surface area contributed by atoms with Gasteiger partial charge in [0.05, 0.1) is 0 Å². The van der Waals surface area contributed by atoms with Crippen molar-refractivity contribution in [3.63, 3.8) is 0 Å². The van der Waals surface area contributed by atoms with Crippen LogP contribution in [0.5, 0.6) is 0 Å². The van der Waals surface area contributed by atoms with Crippen molar-refractivity contribution in [3.8, 4) is 0 Å². The van der Waals surface area contributed by atoms with Crippen LogP contribution in [0.2, 0.25) is 0 Å². The van der Waals surface area contributed by atoms with Gasteiger partial charge in [-0.2, -0.15) is 0 Å². The molecule has 0 aliphatic heterocycles. The van der Waals surface area contributed by atoms with Gasteiger partial charge >= 0.3 is 0 Å². The average molecular weight is 190 g/mol. The minimum atomic E-state index is 1.29. The van der Waals surface area contributed by atoms with Gasteiger partial charge in [-0.3, -0.25) is 0 Å². The van der Waals surface area contributed by atoms with Gasteiger partial charge in [-0.1, -0.05) is 26.5 Å². The smallest absolute Gasteiger partial charge is 0.00310 e. The highest BCUT2D eigenvalue weighted by molar-refractivity contribution is 8.43. The molecule has 0 fully saturated rings. The topological polar surface area (TPSA) is 0 Å². The Balaban J connectivity index is 3.02. The quantitative estimate of drug-likeness (QED) is 0.346. The predicted molar refractivity (Wildman–Crippen MR) is 60.1 cm³/mol. The van der Waals surface area contributed by atoms with E-state index in [0.717, 1.165) is 0 Å². The number of unbranched alkanes of at least 4 members (excludes halogenated alkanes) is 2. The zero-order valence-electron chi connectivity index (χ0n) is 7.60. The van der Waals surface area contributed by atoms with Gasteiger partial charge in [-0.05, 0) is 38.9 Å². The van der Waals surface area contributed by atoms with Crippen molar-refractivity contribution < 1.29 is 0 Å². The molecule has 0 N–H and O–H groups in total. The van der Waals surface area contributed by atoms with E-state index >= 15 is 0 Å². The lowest BCUT2D eigenvalue weighted by atomic mass is 10.1. The second-order valence-corrected chi connectivity index (χ2v) is 4.56. The summed E-state index contributed by atoms with van der Waals surface area (Å²) in [5.74, 6) is 1.29. The number of hydrogen-bond acceptors (Lipinski definition) is 1. The molecule has 0 aromatic heterocycles. The normalized spacial score (nSPS) is 12.1. The summed E-state index contributed by atoms with van der Waals surface area (Å²) in [4.78, 5) is 0. The third kappa shape index (κ3) is 8.43. The Kier molecular flexibility index (Phi) is 9.02. The second-order valence-electron chi connectivity index (χ2n) is 2.82. The van der Waals surface area contributed by atoms with Crippen LogP contribution in [0.1, 0.15) is 39.5 Å². The summed E-state index contributed by atoms with van der Waals surface area (Å²) >= 11 is 1.87. The third-order valence-corrected chi connectivity index (χ3v) is 3.06. The average Bonchev–Trinajstić information content (AvgIpc) is 2.04. The van der Waals surface area contributed by atoms with Crippen LogP contribution in [0.3, 0.4) is 0 Å². The van der Waals surface area contributed by atoms with E-state index in [2.05, 4.69) is 28.4 Å². The molecule has 0 aliphatic rings. The fraction of sp³-hybridized carbons (Fsp3) is 0.778. The van der Waals surface area contributed by atoms with Crippen molar-refractivity contribution in [2.75, 3.05) is 5.75 Å². The van der Waals surface area contributed by atoms with Crippen molar-refractivity contribution >= 4 is 19.8 Å². The first-order valence-corrected chi connectivity index (χ1v) is 6.71. The molecule has 0 aliphatic carbocycles. The van der Waals surface area contributed by atoms with Crippen LogP contribution in [-0.4, -0.2) is 5.75 Å². The van der Waals surface area contributed by atoms with Crippen LogP contribution in [-0.2, 0) is 0 Å². The van der Waals surface area contributed by atoms with Gasteiger partial charge in [0.2, 0.25) is 0 Å². The minimum Gasteiger partial charge on any atom is -0.141 e. The summed E-state index contributed by atoms with van der Waals surface area (Å²) < 4.78 is 0. The fourth-order valence-corrected chi connectivity index (χ4v) is 1.78. The van der Waals surface area contributed by atoms with Gasteiger partial charge in [0, 0.05) is 0 Å². The van der Waals surface area contributed by atoms with Crippen LogP contribution in [0.4, 0.5) is 0 Å². The number of hydrogen-bond donors (Lipinski definition) is 0.